The standard InChI is InChI=1S/C13H19N3O4S2/c1-9(17)20-7-11-8-22-12(15-11)21-5-2-10-6-16(13(18)19)4-3-14-10/h8,10,14H,2-7H2,1H3,(H,18,19)/t10-/m1/s1. The van der Waals surface area contributed by atoms with Gasteiger partial charge in [-0.15, -0.1) is 11.3 Å². The topological polar surface area (TPSA) is 91.8 Å². The van der Waals surface area contributed by atoms with Gasteiger partial charge >= 0.3 is 12.1 Å². The van der Waals surface area contributed by atoms with Gasteiger partial charge in [-0.1, -0.05) is 11.8 Å². The molecule has 0 aromatic carbocycles. The molecule has 0 radical (unpaired) electrons. The molecule has 7 nitrogen and oxygen atoms in total. The molecule has 2 heterocycles. The minimum absolute atomic E-state index is 0.192. The molecular formula is C13H19N3O4S2. The van der Waals surface area contributed by atoms with Crippen LogP contribution in [0.5, 0.6) is 0 Å². The second-order valence-electron chi connectivity index (χ2n) is 4.90. The van der Waals surface area contributed by atoms with Gasteiger partial charge in [-0.2, -0.15) is 0 Å². The Labute approximate surface area is 137 Å². The van der Waals surface area contributed by atoms with Crippen LogP contribution in [-0.2, 0) is 16.1 Å². The summed E-state index contributed by atoms with van der Waals surface area (Å²) in [6.07, 6.45) is 0.0296. The number of carbonyl (C=O) groups is 2. The fourth-order valence-electron chi connectivity index (χ4n) is 2.08. The van der Waals surface area contributed by atoms with Crippen LogP contribution in [0.25, 0.3) is 0 Å². The van der Waals surface area contributed by atoms with E-state index in [2.05, 4.69) is 10.3 Å². The highest BCUT2D eigenvalue weighted by Gasteiger charge is 2.22. The summed E-state index contributed by atoms with van der Waals surface area (Å²) in [5.41, 5.74) is 0.760. The number of hydrogen-bond acceptors (Lipinski definition) is 7. The molecule has 122 valence electrons. The van der Waals surface area contributed by atoms with Crippen LogP contribution >= 0.6 is 23.1 Å². The van der Waals surface area contributed by atoms with Crippen LogP contribution in [-0.4, -0.2) is 58.5 Å². The summed E-state index contributed by atoms with van der Waals surface area (Å²) in [6.45, 7) is 3.37. The molecule has 1 aromatic rings. The van der Waals surface area contributed by atoms with Gasteiger partial charge in [0.1, 0.15) is 10.9 Å². The van der Waals surface area contributed by atoms with Gasteiger partial charge in [0.05, 0.1) is 5.69 Å². The lowest BCUT2D eigenvalue weighted by Gasteiger charge is -2.31. The molecule has 1 aliphatic heterocycles. The van der Waals surface area contributed by atoms with Gasteiger partial charge in [0.25, 0.3) is 0 Å². The minimum atomic E-state index is -0.853. The highest BCUT2D eigenvalue weighted by Crippen LogP contribution is 2.24. The molecule has 1 aromatic heterocycles. The molecule has 1 aliphatic rings. The van der Waals surface area contributed by atoms with Crippen molar-refractivity contribution in [1.29, 1.82) is 0 Å². The maximum absolute atomic E-state index is 11.0. The Morgan fingerprint density at radius 3 is 3.18 bits per heavy atom. The number of carbonyl (C=O) groups excluding carboxylic acids is 1. The Morgan fingerprint density at radius 1 is 1.64 bits per heavy atom. The summed E-state index contributed by atoms with van der Waals surface area (Å²) in [6, 6.07) is 0.192. The third-order valence-electron chi connectivity index (χ3n) is 3.17. The number of nitrogens with zero attached hydrogens (tertiary/aromatic N) is 2. The molecular weight excluding hydrogens is 326 g/mol. The lowest BCUT2D eigenvalue weighted by Crippen LogP contribution is -2.52. The number of ether oxygens (including phenoxy) is 1. The zero-order valence-electron chi connectivity index (χ0n) is 12.3. The maximum Gasteiger partial charge on any atom is 0.407 e. The summed E-state index contributed by atoms with van der Waals surface area (Å²) >= 11 is 3.17. The Balaban J connectivity index is 1.70. The number of thiazole rings is 1. The first-order valence-electron chi connectivity index (χ1n) is 6.96. The summed E-state index contributed by atoms with van der Waals surface area (Å²) in [4.78, 5) is 27.5. The highest BCUT2D eigenvalue weighted by atomic mass is 32.2. The third kappa shape index (κ3) is 5.47. The van der Waals surface area contributed by atoms with Crippen molar-refractivity contribution in [2.24, 2.45) is 0 Å². The summed E-state index contributed by atoms with van der Waals surface area (Å²) < 4.78 is 5.84. The number of esters is 1. The number of piperazine rings is 1. The lowest BCUT2D eigenvalue weighted by atomic mass is 10.2. The maximum atomic E-state index is 11.0. The van der Waals surface area contributed by atoms with Crippen LogP contribution in [0, 0.1) is 0 Å². The van der Waals surface area contributed by atoms with Gasteiger partial charge in [-0.25, -0.2) is 9.78 Å². The van der Waals surface area contributed by atoms with E-state index in [0.717, 1.165) is 22.2 Å². The highest BCUT2D eigenvalue weighted by molar-refractivity contribution is 8.01. The van der Waals surface area contributed by atoms with Crippen LogP contribution in [0.2, 0.25) is 0 Å². The molecule has 2 N–H and O–H groups in total. The van der Waals surface area contributed by atoms with Crippen LogP contribution in [0.1, 0.15) is 19.0 Å². The van der Waals surface area contributed by atoms with Crippen LogP contribution in [0.3, 0.4) is 0 Å². The molecule has 0 spiro atoms. The molecule has 1 fully saturated rings. The zero-order valence-corrected chi connectivity index (χ0v) is 13.9. The van der Waals surface area contributed by atoms with E-state index in [-0.39, 0.29) is 18.6 Å². The normalized spacial score (nSPS) is 18.2. The van der Waals surface area contributed by atoms with E-state index in [0.29, 0.717) is 19.6 Å². The Bertz CT molecular complexity index is 523. The third-order valence-corrected chi connectivity index (χ3v) is 5.28. The molecule has 9 heteroatoms. The fourth-order valence-corrected chi connectivity index (χ4v) is 4.03. The second-order valence-corrected chi connectivity index (χ2v) is 7.10. The van der Waals surface area contributed by atoms with Crippen molar-refractivity contribution in [2.75, 3.05) is 25.4 Å². The second kappa shape index (κ2) is 8.35. The molecule has 0 aliphatic carbocycles. The quantitative estimate of drug-likeness (QED) is 0.598. The average molecular weight is 345 g/mol. The summed E-state index contributed by atoms with van der Waals surface area (Å²) in [5.74, 6) is 0.555. The number of carboxylic acid groups (broad SMARTS) is 1. The first-order chi connectivity index (χ1) is 10.5. The number of amides is 1. The smallest absolute Gasteiger partial charge is 0.407 e. The average Bonchev–Trinajstić information content (AvgIpc) is 2.93. The number of nitrogens with one attached hydrogen (secondary N) is 1. The van der Waals surface area contributed by atoms with E-state index in [1.165, 1.54) is 23.2 Å². The molecule has 0 saturated carbocycles. The van der Waals surface area contributed by atoms with Crippen LogP contribution < -0.4 is 5.32 Å². The number of thioether (sulfide) groups is 1. The van der Waals surface area contributed by atoms with Crippen molar-refractivity contribution < 1.29 is 19.4 Å². The van der Waals surface area contributed by atoms with E-state index in [9.17, 15) is 9.59 Å². The van der Waals surface area contributed by atoms with E-state index in [1.807, 2.05) is 5.38 Å². The van der Waals surface area contributed by atoms with Gasteiger partial charge in [0.15, 0.2) is 0 Å². The Morgan fingerprint density at radius 2 is 2.45 bits per heavy atom. The molecule has 1 amide bonds. The SMILES string of the molecule is CC(=O)OCc1csc(SCC[C@@H]2CN(C(=O)O)CCN2)n1. The Hall–Kier alpha value is -1.32. The minimum Gasteiger partial charge on any atom is -0.465 e. The number of hydrogen-bond donors (Lipinski definition) is 2. The van der Waals surface area contributed by atoms with Gasteiger partial charge in [0.2, 0.25) is 0 Å². The molecule has 0 bridgehead atoms. The lowest BCUT2D eigenvalue weighted by molar-refractivity contribution is -0.142. The van der Waals surface area contributed by atoms with Crippen LogP contribution in [0.4, 0.5) is 4.79 Å². The van der Waals surface area contributed by atoms with Crippen molar-refractivity contribution in [3.63, 3.8) is 0 Å². The fraction of sp³-hybridized carbons (Fsp3) is 0.615. The first kappa shape index (κ1) is 17.0. The summed E-state index contributed by atoms with van der Waals surface area (Å²) in [5, 5.41) is 14.2. The zero-order chi connectivity index (χ0) is 15.9. The van der Waals surface area contributed by atoms with E-state index in [1.54, 1.807) is 11.8 Å². The van der Waals surface area contributed by atoms with Crippen molar-refractivity contribution >= 4 is 35.2 Å². The van der Waals surface area contributed by atoms with Gasteiger partial charge in [0, 0.05) is 43.7 Å². The van der Waals surface area contributed by atoms with Crippen molar-refractivity contribution in [3.05, 3.63) is 11.1 Å². The largest absolute Gasteiger partial charge is 0.465 e. The molecule has 2 rings (SSSR count). The van der Waals surface area contributed by atoms with E-state index >= 15 is 0 Å². The van der Waals surface area contributed by atoms with Gasteiger partial charge in [-0.3, -0.25) is 4.79 Å². The molecule has 22 heavy (non-hydrogen) atoms. The molecule has 0 unspecified atom stereocenters. The van der Waals surface area contributed by atoms with Crippen molar-refractivity contribution in [1.82, 2.24) is 15.2 Å². The first-order valence-corrected chi connectivity index (χ1v) is 8.83. The van der Waals surface area contributed by atoms with Gasteiger partial charge in [-0.05, 0) is 6.42 Å². The van der Waals surface area contributed by atoms with Gasteiger partial charge < -0.3 is 20.1 Å². The predicted octanol–water partition coefficient (Wildman–Crippen LogP) is 1.64. The van der Waals surface area contributed by atoms with Crippen LogP contribution in [0.15, 0.2) is 9.72 Å². The van der Waals surface area contributed by atoms with E-state index in [4.69, 9.17) is 9.84 Å². The Kier molecular flexibility index (Phi) is 6.47. The van der Waals surface area contributed by atoms with Crippen molar-refractivity contribution in [3.8, 4) is 0 Å². The number of rotatable bonds is 6. The summed E-state index contributed by atoms with van der Waals surface area (Å²) in [7, 11) is 0. The molecule has 1 atom stereocenters. The number of aromatic nitrogens is 1. The predicted molar refractivity (Wildman–Crippen MR) is 84.3 cm³/mol. The van der Waals surface area contributed by atoms with Crippen molar-refractivity contribution in [2.45, 2.75) is 30.3 Å². The molecule has 1 saturated heterocycles. The van der Waals surface area contributed by atoms with E-state index < -0.39 is 6.09 Å². The monoisotopic (exact) mass is 345 g/mol.